The topological polar surface area (TPSA) is 72.9 Å². The predicted molar refractivity (Wildman–Crippen MR) is 112 cm³/mol. The maximum Gasteiger partial charge on any atom is 0.513 e. The molecular formula is C24H27NO5. The third kappa shape index (κ3) is 4.11. The summed E-state index contributed by atoms with van der Waals surface area (Å²) in [6.45, 7) is 8.25. The molecule has 2 aliphatic rings. The number of aryl methyl sites for hydroxylation is 2. The van der Waals surface area contributed by atoms with Crippen molar-refractivity contribution in [1.29, 1.82) is 0 Å². The lowest BCUT2D eigenvalue weighted by molar-refractivity contribution is -0.128. The molecule has 0 bridgehead atoms. The third-order valence-corrected chi connectivity index (χ3v) is 5.94. The molecule has 0 radical (unpaired) electrons. The second-order valence-electron chi connectivity index (χ2n) is 8.18. The van der Waals surface area contributed by atoms with Crippen LogP contribution in [-0.4, -0.2) is 42.9 Å². The van der Waals surface area contributed by atoms with E-state index in [4.69, 9.17) is 9.47 Å². The molecule has 30 heavy (non-hydrogen) atoms. The summed E-state index contributed by atoms with van der Waals surface area (Å²) < 4.78 is 10.2. The van der Waals surface area contributed by atoms with Crippen molar-refractivity contribution >= 4 is 23.4 Å². The number of hydrogen-bond donors (Lipinski definition) is 0. The predicted octanol–water partition coefficient (Wildman–Crippen LogP) is 3.77. The Kier molecular flexibility index (Phi) is 6.02. The van der Waals surface area contributed by atoms with Crippen LogP contribution in [-0.2, 0) is 19.1 Å². The number of hydrogen-bond acceptors (Lipinski definition) is 5. The van der Waals surface area contributed by atoms with Crippen LogP contribution in [0.2, 0.25) is 0 Å². The number of carbonyl (C=O) groups is 3. The van der Waals surface area contributed by atoms with Gasteiger partial charge in [0.2, 0.25) is 5.91 Å². The van der Waals surface area contributed by atoms with E-state index in [1.165, 1.54) is 14.0 Å². The number of allylic oxidation sites excluding steroid dienone is 2. The summed E-state index contributed by atoms with van der Waals surface area (Å²) in [6, 6.07) is 3.87. The van der Waals surface area contributed by atoms with Gasteiger partial charge in [0.05, 0.1) is 12.7 Å². The van der Waals surface area contributed by atoms with Gasteiger partial charge in [-0.2, -0.15) is 0 Å². The molecule has 0 aromatic heterocycles. The average Bonchev–Trinajstić information content (AvgIpc) is 3.07. The Morgan fingerprint density at radius 1 is 1.17 bits per heavy atom. The first kappa shape index (κ1) is 21.6. The molecule has 1 heterocycles. The zero-order valence-electron chi connectivity index (χ0n) is 18.2. The highest BCUT2D eigenvalue weighted by Gasteiger charge is 2.47. The molecule has 6 nitrogen and oxygen atoms in total. The molecule has 1 aliphatic carbocycles. The second-order valence-corrected chi connectivity index (χ2v) is 8.18. The van der Waals surface area contributed by atoms with Crippen molar-refractivity contribution in [2.45, 2.75) is 47.0 Å². The van der Waals surface area contributed by atoms with E-state index >= 15 is 0 Å². The van der Waals surface area contributed by atoms with Crippen molar-refractivity contribution < 1.29 is 23.9 Å². The number of carbonyl (C=O) groups excluding carboxylic acids is 3. The minimum atomic E-state index is -0.849. The van der Waals surface area contributed by atoms with Crippen LogP contribution in [0, 0.1) is 31.1 Å². The van der Waals surface area contributed by atoms with Gasteiger partial charge in [0.25, 0.3) is 0 Å². The zero-order chi connectivity index (χ0) is 22.1. The van der Waals surface area contributed by atoms with Gasteiger partial charge in [-0.3, -0.25) is 9.59 Å². The Morgan fingerprint density at radius 3 is 2.37 bits per heavy atom. The lowest BCUT2D eigenvalue weighted by Crippen LogP contribution is -2.36. The number of nitrogens with zero attached hydrogens (tertiary/aromatic N) is 1. The number of Topliss-reactive ketones (excluding diaryl/α,β-unsaturated/α-hetero) is 1. The van der Waals surface area contributed by atoms with Crippen LogP contribution in [0.15, 0.2) is 17.9 Å². The number of rotatable bonds is 2. The third-order valence-electron chi connectivity index (χ3n) is 5.94. The molecule has 1 aromatic carbocycles. The smallest absolute Gasteiger partial charge is 0.437 e. The Labute approximate surface area is 177 Å². The minimum absolute atomic E-state index is 0.0103. The molecule has 158 valence electrons. The van der Waals surface area contributed by atoms with Gasteiger partial charge in [-0.1, -0.05) is 5.92 Å². The lowest BCUT2D eigenvalue weighted by Gasteiger charge is -2.35. The molecule has 1 saturated heterocycles. The zero-order valence-corrected chi connectivity index (χ0v) is 18.2. The highest BCUT2D eigenvalue weighted by atomic mass is 16.7. The van der Waals surface area contributed by atoms with E-state index in [1.54, 1.807) is 11.8 Å². The summed E-state index contributed by atoms with van der Waals surface area (Å²) in [5, 5.41) is 0. The molecule has 0 N–H and O–H groups in total. The molecule has 1 unspecified atom stereocenters. The van der Waals surface area contributed by atoms with Gasteiger partial charge in [-0.15, -0.1) is 5.92 Å². The van der Waals surface area contributed by atoms with Crippen LogP contribution in [0.25, 0.3) is 5.57 Å². The number of ketones is 1. The van der Waals surface area contributed by atoms with Crippen LogP contribution in [0.4, 0.5) is 4.79 Å². The van der Waals surface area contributed by atoms with Gasteiger partial charge in [0.1, 0.15) is 5.76 Å². The molecule has 6 heteroatoms. The van der Waals surface area contributed by atoms with E-state index in [9.17, 15) is 14.4 Å². The quantitative estimate of drug-likeness (QED) is 0.549. The van der Waals surface area contributed by atoms with E-state index in [0.717, 1.165) is 22.3 Å². The number of benzene rings is 1. The van der Waals surface area contributed by atoms with Crippen LogP contribution in [0.1, 0.15) is 55.4 Å². The summed E-state index contributed by atoms with van der Waals surface area (Å²) in [7, 11) is 1.24. The number of methoxy groups -OCH3 is 1. The van der Waals surface area contributed by atoms with Crippen LogP contribution < -0.4 is 0 Å². The van der Waals surface area contributed by atoms with Gasteiger partial charge in [0.15, 0.2) is 5.78 Å². The van der Waals surface area contributed by atoms with Gasteiger partial charge in [-0.25, -0.2) is 4.79 Å². The molecule has 1 spiro atoms. The summed E-state index contributed by atoms with van der Waals surface area (Å²) in [4.78, 5) is 39.0. The van der Waals surface area contributed by atoms with Crippen LogP contribution in [0.3, 0.4) is 0 Å². The first-order valence-electron chi connectivity index (χ1n) is 10.0. The monoisotopic (exact) mass is 409 g/mol. The normalized spacial score (nSPS) is 20.8. The maximum atomic E-state index is 13.4. The number of likely N-dealkylation sites (tertiary alicyclic amines) is 1. The van der Waals surface area contributed by atoms with Gasteiger partial charge < -0.3 is 14.4 Å². The van der Waals surface area contributed by atoms with Gasteiger partial charge >= 0.3 is 6.16 Å². The Hall–Kier alpha value is -3.07. The Morgan fingerprint density at radius 2 is 1.83 bits per heavy atom. The summed E-state index contributed by atoms with van der Waals surface area (Å²) in [6.07, 6.45) is 0.568. The number of ether oxygens (including phenoxy) is 2. The molecule has 1 atom stereocenters. The lowest BCUT2D eigenvalue weighted by atomic mass is 9.71. The van der Waals surface area contributed by atoms with Crippen molar-refractivity contribution in [2.24, 2.45) is 5.41 Å². The van der Waals surface area contributed by atoms with Crippen molar-refractivity contribution in [1.82, 2.24) is 4.90 Å². The maximum absolute atomic E-state index is 13.4. The standard InChI is InChI=1S/C24H27NO5/c1-6-7-18-10-15(2)21(16(3)11-18)22-19(27)12-24(8-9-25(14-24)17(4)26)13-20(22)30-23(28)29-5/h10-11H,8-9,12-14H2,1-5H3. The van der Waals surface area contributed by atoms with Crippen molar-refractivity contribution in [3.05, 3.63) is 40.1 Å². The van der Waals surface area contributed by atoms with Gasteiger partial charge in [0, 0.05) is 43.8 Å². The number of amides is 1. The largest absolute Gasteiger partial charge is 0.513 e. The molecule has 3 rings (SSSR count). The van der Waals surface area contributed by atoms with E-state index in [0.29, 0.717) is 43.7 Å². The summed E-state index contributed by atoms with van der Waals surface area (Å²) in [5.41, 5.74) is 3.46. The second kappa shape index (κ2) is 8.35. The van der Waals surface area contributed by atoms with E-state index in [-0.39, 0.29) is 11.7 Å². The average molecular weight is 409 g/mol. The van der Waals surface area contributed by atoms with Crippen molar-refractivity contribution in [3.8, 4) is 11.8 Å². The Bertz CT molecular complexity index is 987. The fraction of sp³-hybridized carbons (Fsp3) is 0.458. The van der Waals surface area contributed by atoms with E-state index < -0.39 is 11.6 Å². The van der Waals surface area contributed by atoms with Gasteiger partial charge in [-0.05, 0) is 56.0 Å². The molecule has 1 aliphatic heterocycles. The van der Waals surface area contributed by atoms with E-state index in [1.807, 2.05) is 26.0 Å². The molecule has 1 fully saturated rings. The molecule has 1 aromatic rings. The van der Waals surface area contributed by atoms with Crippen molar-refractivity contribution in [3.63, 3.8) is 0 Å². The Balaban J connectivity index is 2.11. The van der Waals surface area contributed by atoms with E-state index in [2.05, 4.69) is 11.8 Å². The molecule has 0 saturated carbocycles. The first-order chi connectivity index (χ1) is 14.2. The minimum Gasteiger partial charge on any atom is -0.437 e. The highest BCUT2D eigenvalue weighted by molar-refractivity contribution is 6.23. The fourth-order valence-corrected chi connectivity index (χ4v) is 4.65. The molecule has 1 amide bonds. The van der Waals surface area contributed by atoms with Crippen molar-refractivity contribution in [2.75, 3.05) is 20.2 Å². The fourth-order valence-electron chi connectivity index (χ4n) is 4.65. The molecular weight excluding hydrogens is 382 g/mol. The first-order valence-corrected chi connectivity index (χ1v) is 10.0. The van der Waals surface area contributed by atoms with Crippen LogP contribution in [0.5, 0.6) is 0 Å². The van der Waals surface area contributed by atoms with Crippen LogP contribution >= 0.6 is 0 Å². The summed E-state index contributed by atoms with van der Waals surface area (Å²) in [5.74, 6) is 6.17. The highest BCUT2D eigenvalue weighted by Crippen LogP contribution is 2.48. The summed E-state index contributed by atoms with van der Waals surface area (Å²) >= 11 is 0. The SMILES string of the molecule is CC#Cc1cc(C)c(C2=C(OC(=O)OC)CC3(CCN(C(C)=O)C3)CC2=O)c(C)c1.